The Morgan fingerprint density at radius 2 is 2.00 bits per heavy atom. The smallest absolute Gasteiger partial charge is 0.139 e. The number of rotatable bonds is 4. The van der Waals surface area contributed by atoms with Crippen molar-refractivity contribution >= 4 is 17.3 Å². The molecule has 3 nitrogen and oxygen atoms in total. The molecule has 0 amide bonds. The maximum atomic E-state index is 6.02. The van der Waals surface area contributed by atoms with Gasteiger partial charge in [-0.2, -0.15) is 0 Å². The molecule has 0 bridgehead atoms. The minimum Gasteiger partial charge on any atom is -0.495 e. The first-order chi connectivity index (χ1) is 8.74. The predicted octanol–water partition coefficient (Wildman–Crippen LogP) is 3.72. The highest BCUT2D eigenvalue weighted by Crippen LogP contribution is 2.30. The Balaban J connectivity index is 2.07. The first-order valence-corrected chi connectivity index (χ1v) is 6.75. The minimum absolute atomic E-state index is 0.292. The summed E-state index contributed by atoms with van der Waals surface area (Å²) in [5.41, 5.74) is 1.03. The van der Waals surface area contributed by atoms with E-state index in [-0.39, 0.29) is 0 Å². The summed E-state index contributed by atoms with van der Waals surface area (Å²) in [6.07, 6.45) is 5.06. The number of ether oxygens (including phenoxy) is 2. The summed E-state index contributed by atoms with van der Waals surface area (Å²) in [6.45, 7) is 0. The molecule has 0 heterocycles. The molecule has 1 saturated carbocycles. The van der Waals surface area contributed by atoms with Crippen molar-refractivity contribution in [3.8, 4) is 5.75 Å². The highest BCUT2D eigenvalue weighted by molar-refractivity contribution is 6.32. The third-order valence-electron chi connectivity index (χ3n) is 3.51. The Labute approximate surface area is 113 Å². The first kappa shape index (κ1) is 13.5. The van der Waals surface area contributed by atoms with E-state index in [9.17, 15) is 0 Å². The van der Waals surface area contributed by atoms with Crippen LogP contribution in [0.1, 0.15) is 25.7 Å². The molecule has 1 aliphatic carbocycles. The average Bonchev–Trinajstić information content (AvgIpc) is 2.41. The van der Waals surface area contributed by atoms with Gasteiger partial charge in [-0.05, 0) is 25.0 Å². The summed E-state index contributed by atoms with van der Waals surface area (Å²) in [7, 11) is 3.41. The molecule has 2 unspecified atom stereocenters. The fourth-order valence-corrected chi connectivity index (χ4v) is 2.70. The minimum atomic E-state index is 0.292. The van der Waals surface area contributed by atoms with E-state index in [1.165, 1.54) is 12.8 Å². The van der Waals surface area contributed by atoms with Crippen LogP contribution in [0.3, 0.4) is 0 Å². The van der Waals surface area contributed by atoms with Crippen LogP contribution in [0.25, 0.3) is 0 Å². The van der Waals surface area contributed by atoms with Crippen molar-refractivity contribution in [2.24, 2.45) is 0 Å². The van der Waals surface area contributed by atoms with Crippen LogP contribution >= 0.6 is 11.6 Å². The van der Waals surface area contributed by atoms with Gasteiger partial charge < -0.3 is 14.8 Å². The van der Waals surface area contributed by atoms with Crippen molar-refractivity contribution in [3.63, 3.8) is 0 Å². The van der Waals surface area contributed by atoms with Crippen LogP contribution in [0.15, 0.2) is 18.2 Å². The van der Waals surface area contributed by atoms with Gasteiger partial charge in [0.1, 0.15) is 5.75 Å². The number of methoxy groups -OCH3 is 2. The van der Waals surface area contributed by atoms with E-state index in [1.807, 2.05) is 18.2 Å². The number of nitrogens with one attached hydrogen (secondary N) is 1. The average molecular weight is 270 g/mol. The zero-order valence-electron chi connectivity index (χ0n) is 10.9. The van der Waals surface area contributed by atoms with E-state index < -0.39 is 0 Å². The van der Waals surface area contributed by atoms with Crippen LogP contribution in [0.4, 0.5) is 5.69 Å². The van der Waals surface area contributed by atoms with E-state index in [0.717, 1.165) is 18.5 Å². The number of hydrogen-bond acceptors (Lipinski definition) is 3. The molecule has 1 aromatic rings. The van der Waals surface area contributed by atoms with Crippen molar-refractivity contribution in [2.45, 2.75) is 37.8 Å². The number of halogens is 1. The van der Waals surface area contributed by atoms with Gasteiger partial charge in [-0.25, -0.2) is 0 Å². The Bertz CT molecular complexity index is 397. The van der Waals surface area contributed by atoms with Gasteiger partial charge in [0.05, 0.1) is 24.3 Å². The van der Waals surface area contributed by atoms with Crippen LogP contribution in [-0.4, -0.2) is 26.4 Å². The third kappa shape index (κ3) is 3.09. The monoisotopic (exact) mass is 269 g/mol. The van der Waals surface area contributed by atoms with Crippen LogP contribution in [0, 0.1) is 0 Å². The van der Waals surface area contributed by atoms with Crippen LogP contribution < -0.4 is 10.1 Å². The summed E-state index contributed by atoms with van der Waals surface area (Å²) < 4.78 is 10.8. The van der Waals surface area contributed by atoms with Gasteiger partial charge in [0.25, 0.3) is 0 Å². The third-order valence-corrected chi connectivity index (χ3v) is 3.82. The van der Waals surface area contributed by atoms with E-state index in [1.54, 1.807) is 14.2 Å². The summed E-state index contributed by atoms with van der Waals surface area (Å²) in [5, 5.41) is 4.15. The van der Waals surface area contributed by atoms with E-state index >= 15 is 0 Å². The zero-order valence-corrected chi connectivity index (χ0v) is 11.7. The van der Waals surface area contributed by atoms with Crippen molar-refractivity contribution in [1.82, 2.24) is 0 Å². The zero-order chi connectivity index (χ0) is 13.0. The van der Waals surface area contributed by atoms with Gasteiger partial charge in [0.2, 0.25) is 0 Å². The molecule has 1 aromatic carbocycles. The quantitative estimate of drug-likeness (QED) is 0.904. The molecule has 1 N–H and O–H groups in total. The van der Waals surface area contributed by atoms with Crippen LogP contribution in [0.5, 0.6) is 5.75 Å². The SMILES string of the molecule is COc1cc(NC2CCCCC2OC)ccc1Cl. The maximum Gasteiger partial charge on any atom is 0.139 e. The highest BCUT2D eigenvalue weighted by Gasteiger charge is 2.24. The molecule has 2 rings (SSSR count). The first-order valence-electron chi connectivity index (χ1n) is 6.37. The van der Waals surface area contributed by atoms with Gasteiger partial charge in [-0.3, -0.25) is 0 Å². The Morgan fingerprint density at radius 3 is 2.72 bits per heavy atom. The van der Waals surface area contributed by atoms with E-state index in [2.05, 4.69) is 5.32 Å². The van der Waals surface area contributed by atoms with Crippen molar-refractivity contribution in [1.29, 1.82) is 0 Å². The molecule has 0 spiro atoms. The van der Waals surface area contributed by atoms with Gasteiger partial charge in [0, 0.05) is 18.9 Å². The Kier molecular flexibility index (Phi) is 4.72. The van der Waals surface area contributed by atoms with Crippen molar-refractivity contribution < 1.29 is 9.47 Å². The molecule has 100 valence electrons. The number of anilines is 1. The number of hydrogen-bond donors (Lipinski definition) is 1. The van der Waals surface area contributed by atoms with E-state index in [0.29, 0.717) is 22.9 Å². The molecule has 0 radical (unpaired) electrons. The predicted molar refractivity (Wildman–Crippen MR) is 74.7 cm³/mol. The standard InChI is InChI=1S/C14H20ClNO2/c1-17-13-6-4-3-5-12(13)16-10-7-8-11(15)14(9-10)18-2/h7-9,12-13,16H,3-6H2,1-2H3. The molecule has 18 heavy (non-hydrogen) atoms. The lowest BCUT2D eigenvalue weighted by atomic mass is 9.92. The Morgan fingerprint density at radius 1 is 1.22 bits per heavy atom. The summed E-state index contributed by atoms with van der Waals surface area (Å²) >= 11 is 6.02. The molecule has 4 heteroatoms. The van der Waals surface area contributed by atoms with Crippen molar-refractivity contribution in [2.75, 3.05) is 19.5 Å². The van der Waals surface area contributed by atoms with Gasteiger partial charge in [-0.15, -0.1) is 0 Å². The second-order valence-electron chi connectivity index (χ2n) is 4.66. The fourth-order valence-electron chi connectivity index (χ4n) is 2.51. The maximum absolute atomic E-state index is 6.02. The summed E-state index contributed by atoms with van der Waals surface area (Å²) in [4.78, 5) is 0. The fraction of sp³-hybridized carbons (Fsp3) is 0.571. The topological polar surface area (TPSA) is 30.5 Å². The Hall–Kier alpha value is -0.930. The molecule has 0 aromatic heterocycles. The normalized spacial score (nSPS) is 23.7. The largest absolute Gasteiger partial charge is 0.495 e. The lowest BCUT2D eigenvalue weighted by molar-refractivity contribution is 0.0606. The van der Waals surface area contributed by atoms with Gasteiger partial charge in [-0.1, -0.05) is 24.4 Å². The number of benzene rings is 1. The second-order valence-corrected chi connectivity index (χ2v) is 5.07. The van der Waals surface area contributed by atoms with Crippen LogP contribution in [-0.2, 0) is 4.74 Å². The molecule has 2 atom stereocenters. The van der Waals surface area contributed by atoms with Crippen LogP contribution in [0.2, 0.25) is 5.02 Å². The lowest BCUT2D eigenvalue weighted by Gasteiger charge is -2.31. The lowest BCUT2D eigenvalue weighted by Crippen LogP contribution is -2.37. The van der Waals surface area contributed by atoms with Gasteiger partial charge in [0.15, 0.2) is 0 Å². The summed E-state index contributed by atoms with van der Waals surface area (Å²) in [5.74, 6) is 0.700. The second kappa shape index (κ2) is 6.30. The van der Waals surface area contributed by atoms with E-state index in [4.69, 9.17) is 21.1 Å². The highest BCUT2D eigenvalue weighted by atomic mass is 35.5. The molecule has 0 saturated heterocycles. The van der Waals surface area contributed by atoms with Gasteiger partial charge >= 0.3 is 0 Å². The molecular weight excluding hydrogens is 250 g/mol. The van der Waals surface area contributed by atoms with Crippen molar-refractivity contribution in [3.05, 3.63) is 23.2 Å². The molecule has 0 aliphatic heterocycles. The molecular formula is C14H20ClNO2. The summed E-state index contributed by atoms with van der Waals surface area (Å²) in [6, 6.07) is 6.14. The molecule has 1 fully saturated rings. The molecule has 1 aliphatic rings.